The Balaban J connectivity index is 1.61. The number of carbonyl (C=O) groups excluding carboxylic acids is 3. The third-order valence-corrected chi connectivity index (χ3v) is 9.63. The van der Waals surface area contributed by atoms with Crippen LogP contribution in [-0.2, 0) is 34.7 Å². The predicted molar refractivity (Wildman–Crippen MR) is 147 cm³/mol. The number of carbonyl (C=O) groups is 3. The van der Waals surface area contributed by atoms with E-state index in [4.69, 9.17) is 4.74 Å². The molecule has 212 valence electrons. The molecule has 5 rings (SSSR count). The first-order valence-corrected chi connectivity index (χ1v) is 14.5. The maximum Gasteiger partial charge on any atom is 0.296 e. The summed E-state index contributed by atoms with van der Waals surface area (Å²) in [7, 11) is 0.654. The van der Waals surface area contributed by atoms with Crippen LogP contribution >= 0.6 is 0 Å². The van der Waals surface area contributed by atoms with Crippen LogP contribution in [0.2, 0.25) is 0 Å². The van der Waals surface area contributed by atoms with E-state index in [1.807, 2.05) is 0 Å². The lowest BCUT2D eigenvalue weighted by molar-refractivity contribution is -0.143. The molecule has 2 saturated heterocycles. The Morgan fingerprint density at radius 3 is 2.30 bits per heavy atom. The molecule has 3 heterocycles. The van der Waals surface area contributed by atoms with Gasteiger partial charge in [0.2, 0.25) is 10.0 Å². The van der Waals surface area contributed by atoms with Gasteiger partial charge in [0.25, 0.3) is 17.6 Å². The van der Waals surface area contributed by atoms with Gasteiger partial charge in [-0.25, -0.2) is 12.7 Å². The number of aliphatic hydroxyl groups is 1. The summed E-state index contributed by atoms with van der Waals surface area (Å²) in [6.45, 7) is 3.53. The summed E-state index contributed by atoms with van der Waals surface area (Å²) in [6, 6.07) is 12.3. The van der Waals surface area contributed by atoms with E-state index in [-0.39, 0.29) is 22.6 Å². The molecule has 2 amide bonds. The van der Waals surface area contributed by atoms with Gasteiger partial charge in [-0.05, 0) is 36.8 Å². The Bertz CT molecular complexity index is 1500. The lowest BCUT2D eigenvalue weighted by Gasteiger charge is -2.35. The number of fused-ring (bicyclic) bond motifs is 2. The van der Waals surface area contributed by atoms with Crippen molar-refractivity contribution in [3.8, 4) is 0 Å². The minimum Gasteiger partial charge on any atom is -0.507 e. The SMILES string of the molecule is CN1C(=O)C2(/C(=C(/O)c3ccc(S(=O)(=O)N(C)C)cc3)C(=O)C(=O)N2CCCN2CCOCC2)c2ccccc21. The number of Topliss-reactive ketones (excluding diaryl/α,β-unsaturated/α-hetero) is 1. The molecule has 0 bridgehead atoms. The van der Waals surface area contributed by atoms with Crippen LogP contribution in [0.15, 0.2) is 59.0 Å². The Morgan fingerprint density at radius 2 is 1.65 bits per heavy atom. The number of morpholine rings is 1. The molecular formula is C28H32N4O7S. The van der Waals surface area contributed by atoms with Crippen molar-refractivity contribution in [2.45, 2.75) is 16.9 Å². The van der Waals surface area contributed by atoms with Crippen LogP contribution in [-0.4, -0.2) is 106 Å². The van der Waals surface area contributed by atoms with E-state index in [1.165, 1.54) is 48.2 Å². The van der Waals surface area contributed by atoms with Gasteiger partial charge >= 0.3 is 0 Å². The average Bonchev–Trinajstić information content (AvgIpc) is 3.31. The summed E-state index contributed by atoms with van der Waals surface area (Å²) in [5, 5.41) is 11.5. The molecule has 1 N–H and O–H groups in total. The summed E-state index contributed by atoms with van der Waals surface area (Å²) in [5.74, 6) is -2.89. The van der Waals surface area contributed by atoms with Crippen molar-refractivity contribution in [2.75, 3.05) is 65.4 Å². The number of nitrogens with zero attached hydrogens (tertiary/aromatic N) is 4. The number of hydrogen-bond donors (Lipinski definition) is 1. The molecule has 0 aromatic heterocycles. The molecule has 12 heteroatoms. The first-order chi connectivity index (χ1) is 19.0. The topological polar surface area (TPSA) is 128 Å². The molecule has 40 heavy (non-hydrogen) atoms. The lowest BCUT2D eigenvalue weighted by atomic mass is 9.82. The van der Waals surface area contributed by atoms with Crippen molar-refractivity contribution in [1.82, 2.24) is 14.1 Å². The molecule has 3 aliphatic heterocycles. The third kappa shape index (κ3) is 4.22. The summed E-state index contributed by atoms with van der Waals surface area (Å²) in [6.07, 6.45) is 0.505. The minimum absolute atomic E-state index is 0.00523. The third-order valence-electron chi connectivity index (χ3n) is 7.81. The minimum atomic E-state index is -3.73. The van der Waals surface area contributed by atoms with Gasteiger partial charge in [-0.2, -0.15) is 0 Å². The standard InChI is InChI=1S/C28H32N4O7S/c1-29(2)40(37,38)20-11-9-19(10-12-20)24(33)23-25(34)26(35)32(14-6-13-31-15-17-39-18-16-31)28(23)21-7-4-5-8-22(21)30(3)27(28)36/h4-5,7-12,33H,6,13-18H2,1-3H3/b24-23+. The fourth-order valence-electron chi connectivity index (χ4n) is 5.69. The van der Waals surface area contributed by atoms with E-state index < -0.39 is 38.9 Å². The second-order valence-electron chi connectivity index (χ2n) is 10.2. The van der Waals surface area contributed by atoms with Gasteiger partial charge in [-0.1, -0.05) is 18.2 Å². The van der Waals surface area contributed by atoms with Crippen molar-refractivity contribution in [3.63, 3.8) is 0 Å². The van der Waals surface area contributed by atoms with Crippen molar-refractivity contribution in [1.29, 1.82) is 0 Å². The molecule has 0 saturated carbocycles. The maximum atomic E-state index is 14.1. The monoisotopic (exact) mass is 568 g/mol. The molecule has 0 radical (unpaired) electrons. The normalized spacial score (nSPS) is 23.1. The predicted octanol–water partition coefficient (Wildman–Crippen LogP) is 1.21. The van der Waals surface area contributed by atoms with E-state index in [2.05, 4.69) is 4.90 Å². The molecule has 11 nitrogen and oxygen atoms in total. The molecule has 0 aliphatic carbocycles. The molecule has 2 aromatic carbocycles. The van der Waals surface area contributed by atoms with Gasteiger partial charge in [0.15, 0.2) is 5.54 Å². The highest BCUT2D eigenvalue weighted by molar-refractivity contribution is 7.89. The number of likely N-dealkylation sites (tertiary alicyclic amines) is 1. The summed E-state index contributed by atoms with van der Waals surface area (Å²) < 4.78 is 31.5. The smallest absolute Gasteiger partial charge is 0.296 e. The molecule has 1 spiro atoms. The van der Waals surface area contributed by atoms with Gasteiger partial charge in [-0.3, -0.25) is 19.3 Å². The molecular weight excluding hydrogens is 536 g/mol. The second kappa shape index (κ2) is 10.4. The van der Waals surface area contributed by atoms with Gasteiger partial charge in [0.1, 0.15) is 5.76 Å². The number of sulfonamides is 1. The summed E-state index contributed by atoms with van der Waals surface area (Å²) in [4.78, 5) is 46.1. The Kier molecular flexibility index (Phi) is 7.29. The van der Waals surface area contributed by atoms with Gasteiger partial charge < -0.3 is 19.6 Å². The van der Waals surface area contributed by atoms with E-state index in [0.29, 0.717) is 37.4 Å². The number of benzene rings is 2. The van der Waals surface area contributed by atoms with Crippen molar-refractivity contribution in [2.24, 2.45) is 0 Å². The largest absolute Gasteiger partial charge is 0.507 e. The molecule has 1 unspecified atom stereocenters. The highest BCUT2D eigenvalue weighted by Crippen LogP contribution is 2.53. The van der Waals surface area contributed by atoms with Gasteiger partial charge in [0.05, 0.1) is 23.7 Å². The molecule has 3 aliphatic rings. The fraction of sp³-hybridized carbons (Fsp3) is 0.393. The van der Waals surface area contributed by atoms with Crippen LogP contribution in [0.25, 0.3) is 5.76 Å². The summed E-state index contributed by atoms with van der Waals surface area (Å²) in [5.41, 5.74) is -1.09. The van der Waals surface area contributed by atoms with Gasteiger partial charge in [0, 0.05) is 64.1 Å². The Morgan fingerprint density at radius 1 is 1.00 bits per heavy atom. The number of anilines is 1. The number of ketones is 1. The van der Waals surface area contributed by atoms with Crippen LogP contribution in [0.4, 0.5) is 5.69 Å². The van der Waals surface area contributed by atoms with Crippen LogP contribution in [0.5, 0.6) is 0 Å². The first kappa shape index (κ1) is 28.0. The van der Waals surface area contributed by atoms with Crippen LogP contribution in [0, 0.1) is 0 Å². The van der Waals surface area contributed by atoms with E-state index in [1.54, 1.807) is 31.3 Å². The number of likely N-dealkylation sites (N-methyl/N-ethyl adjacent to an activating group) is 1. The zero-order valence-corrected chi connectivity index (χ0v) is 23.5. The van der Waals surface area contributed by atoms with E-state index >= 15 is 0 Å². The zero-order chi connectivity index (χ0) is 28.8. The first-order valence-electron chi connectivity index (χ1n) is 13.0. The van der Waals surface area contributed by atoms with Crippen molar-refractivity contribution in [3.05, 3.63) is 65.2 Å². The quantitative estimate of drug-likeness (QED) is 0.300. The molecule has 2 fully saturated rings. The number of aliphatic hydroxyl groups excluding tert-OH is 1. The number of rotatable bonds is 7. The van der Waals surface area contributed by atoms with Gasteiger partial charge in [-0.15, -0.1) is 0 Å². The average molecular weight is 569 g/mol. The summed E-state index contributed by atoms with van der Waals surface area (Å²) >= 11 is 0. The number of amides is 2. The number of hydrogen-bond acceptors (Lipinski definition) is 8. The highest BCUT2D eigenvalue weighted by atomic mass is 32.2. The Labute approximate surface area is 233 Å². The van der Waals surface area contributed by atoms with Crippen LogP contribution < -0.4 is 4.90 Å². The van der Waals surface area contributed by atoms with Crippen molar-refractivity contribution < 1.29 is 32.6 Å². The lowest BCUT2D eigenvalue weighted by Crippen LogP contribution is -2.52. The molecule has 2 aromatic rings. The maximum absolute atomic E-state index is 14.1. The highest BCUT2D eigenvalue weighted by Gasteiger charge is 2.66. The second-order valence-corrected chi connectivity index (χ2v) is 12.4. The zero-order valence-electron chi connectivity index (χ0n) is 22.7. The van der Waals surface area contributed by atoms with Crippen molar-refractivity contribution >= 4 is 39.1 Å². The molecule has 1 atom stereocenters. The van der Waals surface area contributed by atoms with E-state index in [9.17, 15) is 27.9 Å². The fourth-order valence-corrected chi connectivity index (χ4v) is 6.59. The van der Waals surface area contributed by atoms with Crippen LogP contribution in [0.3, 0.4) is 0 Å². The van der Waals surface area contributed by atoms with Crippen LogP contribution in [0.1, 0.15) is 17.5 Å². The number of ether oxygens (including phenoxy) is 1. The number of para-hydroxylation sites is 1. The Hall–Kier alpha value is -3.58. The van der Waals surface area contributed by atoms with E-state index in [0.717, 1.165) is 17.4 Å².